The number of hydrogen-bond donors (Lipinski definition) is 0. The third-order valence-electron chi connectivity index (χ3n) is 5.22. The zero-order valence-corrected chi connectivity index (χ0v) is 14.6. The van der Waals surface area contributed by atoms with Crippen molar-refractivity contribution in [3.8, 4) is 0 Å². The van der Waals surface area contributed by atoms with Crippen LogP contribution in [0.2, 0.25) is 0 Å². The maximum Gasteiger partial charge on any atom is 0.223 e. The number of ether oxygens (including phenoxy) is 1. The lowest BCUT2D eigenvalue weighted by Gasteiger charge is -2.23. The largest absolute Gasteiger partial charge is 0.381 e. The van der Waals surface area contributed by atoms with Crippen molar-refractivity contribution in [3.05, 3.63) is 34.9 Å². The summed E-state index contributed by atoms with van der Waals surface area (Å²) in [7, 11) is 0. The highest BCUT2D eigenvalue weighted by molar-refractivity contribution is 5.98. The number of carbonyl (C=O) groups excluding carboxylic acids is 2. The number of hydrogen-bond acceptors (Lipinski definition) is 3. The topological polar surface area (TPSA) is 46.6 Å². The van der Waals surface area contributed by atoms with Crippen LogP contribution in [-0.4, -0.2) is 42.9 Å². The van der Waals surface area contributed by atoms with E-state index >= 15 is 0 Å². The van der Waals surface area contributed by atoms with Gasteiger partial charge in [-0.1, -0.05) is 12.1 Å². The molecule has 4 heteroatoms. The molecular weight excluding hydrogens is 302 g/mol. The molecule has 0 unspecified atom stereocenters. The van der Waals surface area contributed by atoms with Crippen LogP contribution in [0, 0.1) is 5.92 Å². The zero-order chi connectivity index (χ0) is 16.9. The predicted molar refractivity (Wildman–Crippen MR) is 93.2 cm³/mol. The summed E-state index contributed by atoms with van der Waals surface area (Å²) in [5.74, 6) is 0.610. The van der Waals surface area contributed by atoms with Crippen LogP contribution in [0.1, 0.15) is 54.1 Å². The van der Waals surface area contributed by atoms with E-state index in [0.29, 0.717) is 25.3 Å². The van der Waals surface area contributed by atoms with Gasteiger partial charge in [0.15, 0.2) is 5.78 Å². The van der Waals surface area contributed by atoms with E-state index < -0.39 is 0 Å². The standard InChI is InChI=1S/C20H27NO3/c1-2-21(13-15-10-11-24-14-15)20(23)9-8-19(22)18-7-6-16-4-3-5-17(16)12-18/h6-7,12,15H,2-5,8-11,13-14H2,1H3/t15-/m0/s1. The van der Waals surface area contributed by atoms with Crippen LogP contribution < -0.4 is 0 Å². The van der Waals surface area contributed by atoms with E-state index in [0.717, 1.165) is 44.6 Å². The van der Waals surface area contributed by atoms with E-state index in [2.05, 4.69) is 6.07 Å². The number of fused-ring (bicyclic) bond motifs is 1. The minimum absolute atomic E-state index is 0.0818. The van der Waals surface area contributed by atoms with Gasteiger partial charge >= 0.3 is 0 Å². The van der Waals surface area contributed by atoms with Crippen LogP contribution in [0.3, 0.4) is 0 Å². The monoisotopic (exact) mass is 329 g/mol. The molecular formula is C20H27NO3. The van der Waals surface area contributed by atoms with Gasteiger partial charge in [-0.05, 0) is 49.8 Å². The van der Waals surface area contributed by atoms with E-state index in [1.54, 1.807) is 0 Å². The lowest BCUT2D eigenvalue weighted by Crippen LogP contribution is -2.35. The Hall–Kier alpha value is -1.68. The molecule has 1 atom stereocenters. The first-order chi connectivity index (χ1) is 11.7. The Morgan fingerprint density at radius 2 is 2.04 bits per heavy atom. The zero-order valence-electron chi connectivity index (χ0n) is 14.6. The van der Waals surface area contributed by atoms with Crippen LogP contribution >= 0.6 is 0 Å². The minimum Gasteiger partial charge on any atom is -0.381 e. The number of amides is 1. The summed E-state index contributed by atoms with van der Waals surface area (Å²) in [4.78, 5) is 26.7. The fraction of sp³-hybridized carbons (Fsp3) is 0.600. The van der Waals surface area contributed by atoms with Crippen LogP contribution in [0.4, 0.5) is 0 Å². The molecule has 0 spiro atoms. The van der Waals surface area contributed by atoms with Crippen LogP contribution in [-0.2, 0) is 22.4 Å². The number of ketones is 1. The number of Topliss-reactive ketones (excluding diaryl/α,β-unsaturated/α-hetero) is 1. The minimum atomic E-state index is 0.0818. The molecule has 3 rings (SSSR count). The highest BCUT2D eigenvalue weighted by Crippen LogP contribution is 2.23. The Morgan fingerprint density at radius 3 is 2.79 bits per heavy atom. The van der Waals surface area contributed by atoms with Gasteiger partial charge in [0.05, 0.1) is 6.61 Å². The molecule has 0 aromatic heterocycles. The highest BCUT2D eigenvalue weighted by atomic mass is 16.5. The maximum absolute atomic E-state index is 12.4. The Labute approximate surface area is 144 Å². The van der Waals surface area contributed by atoms with Gasteiger partial charge < -0.3 is 9.64 Å². The second-order valence-corrected chi connectivity index (χ2v) is 6.92. The van der Waals surface area contributed by atoms with Crippen molar-refractivity contribution in [2.75, 3.05) is 26.3 Å². The fourth-order valence-corrected chi connectivity index (χ4v) is 3.71. The second kappa shape index (κ2) is 7.93. The molecule has 1 aromatic rings. The van der Waals surface area contributed by atoms with E-state index in [-0.39, 0.29) is 11.7 Å². The Kier molecular flexibility index (Phi) is 5.67. The normalized spacial score (nSPS) is 19.3. The second-order valence-electron chi connectivity index (χ2n) is 6.92. The molecule has 1 heterocycles. The molecule has 0 saturated carbocycles. The van der Waals surface area contributed by atoms with Gasteiger partial charge in [0.1, 0.15) is 0 Å². The molecule has 1 saturated heterocycles. The van der Waals surface area contributed by atoms with E-state index in [4.69, 9.17) is 4.74 Å². The molecule has 1 aliphatic carbocycles. The van der Waals surface area contributed by atoms with Crippen molar-refractivity contribution in [2.24, 2.45) is 5.92 Å². The molecule has 1 aromatic carbocycles. The summed E-state index contributed by atoms with van der Waals surface area (Å²) >= 11 is 0. The number of aryl methyl sites for hydroxylation is 2. The summed E-state index contributed by atoms with van der Waals surface area (Å²) < 4.78 is 5.38. The summed E-state index contributed by atoms with van der Waals surface area (Å²) in [5, 5.41) is 0. The van der Waals surface area contributed by atoms with Gasteiger partial charge in [-0.2, -0.15) is 0 Å². The Bertz CT molecular complexity index is 605. The average molecular weight is 329 g/mol. The summed E-state index contributed by atoms with van der Waals surface area (Å²) in [6.45, 7) is 4.99. The van der Waals surface area contributed by atoms with Gasteiger partial charge in [-0.3, -0.25) is 9.59 Å². The number of rotatable bonds is 7. The SMILES string of the molecule is CCN(C[C@@H]1CCOC1)C(=O)CCC(=O)c1ccc2c(c1)CCC2. The maximum atomic E-state index is 12.4. The summed E-state index contributed by atoms with van der Waals surface area (Å²) in [6, 6.07) is 6.03. The van der Waals surface area contributed by atoms with Gasteiger partial charge in [-0.15, -0.1) is 0 Å². The third-order valence-corrected chi connectivity index (χ3v) is 5.22. The molecule has 24 heavy (non-hydrogen) atoms. The first-order valence-corrected chi connectivity index (χ1v) is 9.18. The van der Waals surface area contributed by atoms with Crippen molar-refractivity contribution in [2.45, 2.75) is 45.4 Å². The van der Waals surface area contributed by atoms with Crippen molar-refractivity contribution in [1.82, 2.24) is 4.90 Å². The summed E-state index contributed by atoms with van der Waals surface area (Å²) in [6.07, 6.45) is 5.01. The molecule has 1 amide bonds. The van der Waals surface area contributed by atoms with Crippen LogP contribution in [0.15, 0.2) is 18.2 Å². The van der Waals surface area contributed by atoms with Gasteiger partial charge in [-0.25, -0.2) is 0 Å². The third kappa shape index (κ3) is 4.04. The van der Waals surface area contributed by atoms with Gasteiger partial charge in [0, 0.05) is 44.0 Å². The average Bonchev–Trinajstić information content (AvgIpc) is 3.27. The molecule has 4 nitrogen and oxygen atoms in total. The molecule has 130 valence electrons. The Morgan fingerprint density at radius 1 is 1.21 bits per heavy atom. The predicted octanol–water partition coefficient (Wildman–Crippen LogP) is 3.02. The lowest BCUT2D eigenvalue weighted by atomic mass is 10.0. The van der Waals surface area contributed by atoms with E-state index in [1.165, 1.54) is 17.5 Å². The van der Waals surface area contributed by atoms with Crippen LogP contribution in [0.25, 0.3) is 0 Å². The summed E-state index contributed by atoms with van der Waals surface area (Å²) in [5.41, 5.74) is 3.44. The van der Waals surface area contributed by atoms with E-state index in [1.807, 2.05) is 24.0 Å². The number of nitrogens with zero attached hydrogens (tertiary/aromatic N) is 1. The molecule has 2 aliphatic rings. The van der Waals surface area contributed by atoms with Crippen molar-refractivity contribution < 1.29 is 14.3 Å². The highest BCUT2D eigenvalue weighted by Gasteiger charge is 2.22. The number of benzene rings is 1. The molecule has 0 radical (unpaired) electrons. The molecule has 0 N–H and O–H groups in total. The molecule has 1 fully saturated rings. The number of carbonyl (C=O) groups is 2. The van der Waals surface area contributed by atoms with E-state index in [9.17, 15) is 9.59 Å². The quantitative estimate of drug-likeness (QED) is 0.723. The van der Waals surface area contributed by atoms with Crippen LogP contribution in [0.5, 0.6) is 0 Å². The lowest BCUT2D eigenvalue weighted by molar-refractivity contribution is -0.131. The first-order valence-electron chi connectivity index (χ1n) is 9.18. The Balaban J connectivity index is 1.51. The van der Waals surface area contributed by atoms with Crippen molar-refractivity contribution in [1.29, 1.82) is 0 Å². The van der Waals surface area contributed by atoms with Gasteiger partial charge in [0.25, 0.3) is 0 Å². The van der Waals surface area contributed by atoms with Crippen molar-refractivity contribution in [3.63, 3.8) is 0 Å². The fourth-order valence-electron chi connectivity index (χ4n) is 3.71. The smallest absolute Gasteiger partial charge is 0.223 e. The molecule has 0 bridgehead atoms. The van der Waals surface area contributed by atoms with Crippen molar-refractivity contribution >= 4 is 11.7 Å². The molecule has 1 aliphatic heterocycles. The van der Waals surface area contributed by atoms with Gasteiger partial charge in [0.2, 0.25) is 5.91 Å². The first kappa shape index (κ1) is 17.2.